The van der Waals surface area contributed by atoms with E-state index in [9.17, 15) is 10.1 Å². The van der Waals surface area contributed by atoms with Gasteiger partial charge in [0.2, 0.25) is 5.00 Å². The Labute approximate surface area is 60.7 Å². The van der Waals surface area contributed by atoms with Crippen molar-refractivity contribution in [2.24, 2.45) is 0 Å². The van der Waals surface area contributed by atoms with Crippen molar-refractivity contribution < 1.29 is 4.92 Å². The highest BCUT2D eigenvalue weighted by Crippen LogP contribution is 2.27. The van der Waals surface area contributed by atoms with Gasteiger partial charge in [0.1, 0.15) is 0 Å². The van der Waals surface area contributed by atoms with Crippen LogP contribution >= 0.6 is 11.3 Å². The highest BCUT2D eigenvalue weighted by Gasteiger charge is 2.07. The molecule has 0 bridgehead atoms. The molecule has 0 amide bonds. The van der Waals surface area contributed by atoms with Crippen LogP contribution < -0.4 is 0 Å². The average Bonchev–Trinajstić information content (AvgIpc) is 2.34. The Morgan fingerprint density at radius 3 is 2.80 bits per heavy atom. The van der Waals surface area contributed by atoms with Crippen LogP contribution in [0.3, 0.4) is 0 Å². The fraction of sp³-hybridized carbons (Fsp3) is 0. The minimum Gasteiger partial charge on any atom is -0.258 e. The zero-order valence-electron chi connectivity index (χ0n) is 4.77. The number of nitro groups is 1. The Hall–Kier alpha value is -1.41. The van der Waals surface area contributed by atoms with Crippen molar-refractivity contribution in [1.29, 1.82) is 0 Å². The lowest BCUT2D eigenvalue weighted by Crippen LogP contribution is -1.81. The summed E-state index contributed by atoms with van der Waals surface area (Å²) < 4.78 is 0. The average molecular weight is 154 g/mol. The van der Waals surface area contributed by atoms with Gasteiger partial charge in [-0.1, -0.05) is 0 Å². The van der Waals surface area contributed by atoms with Crippen LogP contribution in [0.1, 0.15) is 0 Å². The van der Waals surface area contributed by atoms with Crippen molar-refractivity contribution in [3.8, 4) is 0 Å². The van der Waals surface area contributed by atoms with Crippen molar-refractivity contribution >= 4 is 22.0 Å². The molecule has 0 N–H and O–H groups in total. The number of hydrogen-bond donors (Lipinski definition) is 0. The van der Waals surface area contributed by atoms with Gasteiger partial charge in [-0.25, -0.2) is 4.85 Å². The topological polar surface area (TPSA) is 47.5 Å². The lowest BCUT2D eigenvalue weighted by molar-refractivity contribution is -0.384. The van der Waals surface area contributed by atoms with E-state index in [1.54, 1.807) is 0 Å². The summed E-state index contributed by atoms with van der Waals surface area (Å²) in [6.45, 7) is 6.51. The van der Waals surface area contributed by atoms with Gasteiger partial charge < -0.3 is 0 Å². The molecule has 1 heterocycles. The van der Waals surface area contributed by atoms with Gasteiger partial charge in [-0.3, -0.25) is 10.1 Å². The maximum Gasteiger partial charge on any atom is 0.268 e. The molecule has 0 aliphatic rings. The van der Waals surface area contributed by atoms with Gasteiger partial charge in [-0.15, -0.1) is 0 Å². The van der Waals surface area contributed by atoms with Gasteiger partial charge in [0.15, 0.2) is 0 Å². The van der Waals surface area contributed by atoms with E-state index in [1.165, 1.54) is 11.4 Å². The van der Waals surface area contributed by atoms with Gasteiger partial charge >= 0.3 is 0 Å². The van der Waals surface area contributed by atoms with Gasteiger partial charge in [0.25, 0.3) is 5.69 Å². The molecular formula is C5H2N2O2S. The summed E-state index contributed by atoms with van der Waals surface area (Å²) in [5, 5.41) is 11.7. The lowest BCUT2D eigenvalue weighted by Gasteiger charge is -1.78. The molecule has 0 radical (unpaired) electrons. The van der Waals surface area contributed by atoms with Crippen molar-refractivity contribution in [3.63, 3.8) is 0 Å². The predicted molar refractivity (Wildman–Crippen MR) is 37.2 cm³/mol. The molecule has 0 saturated heterocycles. The molecule has 0 aromatic carbocycles. The molecule has 50 valence electrons. The van der Waals surface area contributed by atoms with Crippen LogP contribution in [0.25, 0.3) is 4.85 Å². The van der Waals surface area contributed by atoms with E-state index >= 15 is 0 Å². The Morgan fingerprint density at radius 2 is 2.50 bits per heavy atom. The van der Waals surface area contributed by atoms with E-state index in [0.29, 0.717) is 5.00 Å². The molecular weight excluding hydrogens is 152 g/mol. The summed E-state index contributed by atoms with van der Waals surface area (Å²) in [5.41, 5.74) is -0.00370. The summed E-state index contributed by atoms with van der Waals surface area (Å²) >= 11 is 1.08. The fourth-order valence-electron chi connectivity index (χ4n) is 0.470. The minimum absolute atomic E-state index is 0.00370. The number of hydrogen-bond acceptors (Lipinski definition) is 3. The molecule has 0 aliphatic heterocycles. The SMILES string of the molecule is [C-]#[N+]c1cc([N+](=O)[O-])cs1. The Kier molecular flexibility index (Phi) is 1.65. The maximum absolute atomic E-state index is 10.0. The molecule has 0 aliphatic carbocycles. The third-order valence-electron chi connectivity index (χ3n) is 0.893. The minimum atomic E-state index is -0.509. The first kappa shape index (κ1) is 6.71. The zero-order chi connectivity index (χ0) is 7.56. The van der Waals surface area contributed by atoms with Crippen LogP contribution in [0.4, 0.5) is 10.7 Å². The fourth-order valence-corrected chi connectivity index (χ4v) is 1.11. The second kappa shape index (κ2) is 2.45. The molecule has 0 spiro atoms. The number of nitrogens with zero attached hydrogens (tertiary/aromatic N) is 2. The van der Waals surface area contributed by atoms with Crippen molar-refractivity contribution in [2.45, 2.75) is 0 Å². The molecule has 0 saturated carbocycles. The van der Waals surface area contributed by atoms with Gasteiger partial charge in [0.05, 0.1) is 16.9 Å². The first-order valence-electron chi connectivity index (χ1n) is 2.34. The van der Waals surface area contributed by atoms with Gasteiger partial charge in [0, 0.05) is 6.07 Å². The van der Waals surface area contributed by atoms with Crippen LogP contribution in [0.5, 0.6) is 0 Å². The van der Waals surface area contributed by atoms with Crippen molar-refractivity contribution in [1.82, 2.24) is 0 Å². The smallest absolute Gasteiger partial charge is 0.258 e. The standard InChI is InChI=1S/C5H2N2O2S/c1-6-5-2-4(3-10-5)7(8)9/h2-3H. The summed E-state index contributed by atoms with van der Waals surface area (Å²) in [6.07, 6.45) is 0. The molecule has 0 unspecified atom stereocenters. The van der Waals surface area contributed by atoms with Crippen molar-refractivity contribution in [3.05, 3.63) is 33.0 Å². The number of thiophene rings is 1. The van der Waals surface area contributed by atoms with Crippen LogP contribution in [0, 0.1) is 16.7 Å². The largest absolute Gasteiger partial charge is 0.268 e. The van der Waals surface area contributed by atoms with Crippen LogP contribution in [0.2, 0.25) is 0 Å². The third kappa shape index (κ3) is 1.11. The van der Waals surface area contributed by atoms with Crippen LogP contribution in [0.15, 0.2) is 11.4 Å². The summed E-state index contributed by atoms with van der Waals surface area (Å²) in [5.74, 6) is 0. The highest BCUT2D eigenvalue weighted by molar-refractivity contribution is 7.14. The van der Waals surface area contributed by atoms with E-state index in [2.05, 4.69) is 4.85 Å². The van der Waals surface area contributed by atoms with Crippen LogP contribution in [-0.2, 0) is 0 Å². The molecule has 0 atom stereocenters. The van der Waals surface area contributed by atoms with Crippen LogP contribution in [-0.4, -0.2) is 4.92 Å². The summed E-state index contributed by atoms with van der Waals surface area (Å²) in [6, 6.07) is 1.26. The molecule has 1 aromatic rings. The van der Waals surface area contributed by atoms with E-state index in [0.717, 1.165) is 11.3 Å². The molecule has 0 fully saturated rings. The zero-order valence-corrected chi connectivity index (χ0v) is 5.59. The van der Waals surface area contributed by atoms with E-state index in [4.69, 9.17) is 6.57 Å². The van der Waals surface area contributed by atoms with Gasteiger partial charge in [-0.05, 0) is 0 Å². The molecule has 4 nitrogen and oxygen atoms in total. The summed E-state index contributed by atoms with van der Waals surface area (Å²) in [4.78, 5) is 12.6. The maximum atomic E-state index is 10.0. The Bertz CT molecular complexity index is 299. The summed E-state index contributed by atoms with van der Waals surface area (Å²) in [7, 11) is 0. The predicted octanol–water partition coefficient (Wildman–Crippen LogP) is 2.21. The Morgan fingerprint density at radius 1 is 1.80 bits per heavy atom. The van der Waals surface area contributed by atoms with E-state index in [-0.39, 0.29) is 5.69 Å². The normalized spacial score (nSPS) is 8.70. The van der Waals surface area contributed by atoms with E-state index in [1.807, 2.05) is 0 Å². The number of rotatable bonds is 1. The molecule has 10 heavy (non-hydrogen) atoms. The van der Waals surface area contributed by atoms with E-state index < -0.39 is 4.92 Å². The second-order valence-corrected chi connectivity index (χ2v) is 2.40. The second-order valence-electron chi connectivity index (χ2n) is 1.51. The monoisotopic (exact) mass is 154 g/mol. The lowest BCUT2D eigenvalue weighted by atomic mass is 10.5. The molecule has 1 aromatic heterocycles. The molecule has 1 rings (SSSR count). The third-order valence-corrected chi connectivity index (χ3v) is 1.70. The quantitative estimate of drug-likeness (QED) is 0.353. The van der Waals surface area contributed by atoms with Gasteiger partial charge in [-0.2, -0.15) is 11.3 Å². The highest BCUT2D eigenvalue weighted by atomic mass is 32.1. The Balaban J connectivity index is 3.02. The molecule has 5 heteroatoms. The first-order valence-corrected chi connectivity index (χ1v) is 3.22. The van der Waals surface area contributed by atoms with Crippen molar-refractivity contribution in [2.75, 3.05) is 0 Å². The first-order chi connectivity index (χ1) is 4.74.